The minimum Gasteiger partial charge on any atom is -0.493 e. The van der Waals surface area contributed by atoms with Gasteiger partial charge in [0.2, 0.25) is 0 Å². The normalized spacial score (nSPS) is 11.5. The van der Waals surface area contributed by atoms with Gasteiger partial charge < -0.3 is 19.8 Å². The van der Waals surface area contributed by atoms with E-state index in [1.54, 1.807) is 57.4 Å². The molecule has 0 spiro atoms. The Labute approximate surface area is 184 Å². The number of methoxy groups -OCH3 is 2. The van der Waals surface area contributed by atoms with Gasteiger partial charge in [-0.25, -0.2) is 4.39 Å². The van der Waals surface area contributed by atoms with Gasteiger partial charge in [0.05, 0.1) is 30.8 Å². The van der Waals surface area contributed by atoms with Gasteiger partial charge in [-0.3, -0.25) is 9.59 Å². The van der Waals surface area contributed by atoms with Gasteiger partial charge >= 0.3 is 0 Å². The summed E-state index contributed by atoms with van der Waals surface area (Å²) in [6.45, 7) is 3.61. The number of nitrogens with one attached hydrogen (secondary N) is 2. The first-order chi connectivity index (χ1) is 15.2. The molecule has 0 aliphatic heterocycles. The SMILES string of the molecule is COc1ccc(C(C)(C)NC(=O)c2cc3[nH]c4ccccc4c(=O)c3cc2F)cc1OC. The number of H-pyrrole nitrogens is 1. The number of aromatic nitrogens is 1. The van der Waals surface area contributed by atoms with Gasteiger partial charge in [-0.2, -0.15) is 0 Å². The van der Waals surface area contributed by atoms with Gasteiger partial charge in [0.25, 0.3) is 5.91 Å². The number of carbonyl (C=O) groups excluding carboxylic acids is 1. The molecule has 0 aliphatic carbocycles. The van der Waals surface area contributed by atoms with Crippen molar-refractivity contribution >= 4 is 27.7 Å². The molecule has 3 aromatic carbocycles. The summed E-state index contributed by atoms with van der Waals surface area (Å²) >= 11 is 0. The van der Waals surface area contributed by atoms with Gasteiger partial charge in [-0.1, -0.05) is 18.2 Å². The molecule has 32 heavy (non-hydrogen) atoms. The molecule has 1 amide bonds. The molecule has 6 nitrogen and oxygen atoms in total. The van der Waals surface area contributed by atoms with Crippen molar-refractivity contribution in [2.75, 3.05) is 14.2 Å². The van der Waals surface area contributed by atoms with Gasteiger partial charge in [0.1, 0.15) is 5.82 Å². The topological polar surface area (TPSA) is 80.4 Å². The third kappa shape index (κ3) is 3.66. The monoisotopic (exact) mass is 434 g/mol. The molecule has 4 rings (SSSR count). The Balaban J connectivity index is 1.72. The molecule has 1 aromatic heterocycles. The van der Waals surface area contributed by atoms with Gasteiger partial charge in [0, 0.05) is 16.3 Å². The van der Waals surface area contributed by atoms with Crippen molar-refractivity contribution in [1.82, 2.24) is 10.3 Å². The van der Waals surface area contributed by atoms with Crippen molar-refractivity contribution in [3.05, 3.63) is 81.8 Å². The molecule has 0 fully saturated rings. The predicted octanol–water partition coefficient (Wildman–Crippen LogP) is 4.50. The Hall–Kier alpha value is -3.87. The largest absolute Gasteiger partial charge is 0.493 e. The summed E-state index contributed by atoms with van der Waals surface area (Å²) in [6, 6.07) is 14.8. The number of rotatable bonds is 5. The zero-order valence-corrected chi connectivity index (χ0v) is 18.2. The minimum absolute atomic E-state index is 0.156. The molecule has 0 saturated heterocycles. The second-order valence-corrected chi connectivity index (χ2v) is 8.03. The summed E-state index contributed by atoms with van der Waals surface area (Å²) < 4.78 is 25.5. The van der Waals surface area contributed by atoms with E-state index in [1.165, 1.54) is 13.2 Å². The minimum atomic E-state index is -0.838. The zero-order chi connectivity index (χ0) is 23.0. The Morgan fingerprint density at radius 1 is 0.938 bits per heavy atom. The molecule has 1 heterocycles. The van der Waals surface area contributed by atoms with Crippen molar-refractivity contribution in [3.8, 4) is 11.5 Å². The van der Waals surface area contributed by atoms with Crippen LogP contribution in [0.1, 0.15) is 29.8 Å². The molecular formula is C25H23FN2O4. The zero-order valence-electron chi connectivity index (χ0n) is 18.2. The maximum atomic E-state index is 14.9. The van der Waals surface area contributed by atoms with E-state index < -0.39 is 17.3 Å². The molecule has 0 atom stereocenters. The summed E-state index contributed by atoms with van der Waals surface area (Å²) in [4.78, 5) is 28.9. The molecule has 0 aliphatic rings. The highest BCUT2D eigenvalue weighted by atomic mass is 19.1. The lowest BCUT2D eigenvalue weighted by Gasteiger charge is -2.28. The van der Waals surface area contributed by atoms with Crippen molar-refractivity contribution in [2.45, 2.75) is 19.4 Å². The number of benzene rings is 3. The van der Waals surface area contributed by atoms with E-state index in [0.717, 1.165) is 11.6 Å². The Morgan fingerprint density at radius 2 is 1.66 bits per heavy atom. The first-order valence-corrected chi connectivity index (χ1v) is 10.0. The number of fused-ring (bicyclic) bond motifs is 2. The molecule has 2 N–H and O–H groups in total. The number of ether oxygens (including phenoxy) is 2. The number of para-hydroxylation sites is 1. The van der Waals surface area contributed by atoms with Crippen LogP contribution in [0.25, 0.3) is 21.8 Å². The van der Waals surface area contributed by atoms with E-state index in [2.05, 4.69) is 10.3 Å². The lowest BCUT2D eigenvalue weighted by Crippen LogP contribution is -2.41. The number of hydrogen-bond acceptors (Lipinski definition) is 4. The van der Waals surface area contributed by atoms with E-state index in [-0.39, 0.29) is 16.4 Å². The average Bonchev–Trinajstić information content (AvgIpc) is 2.78. The molecule has 7 heteroatoms. The van der Waals surface area contributed by atoms with Gasteiger partial charge in [-0.15, -0.1) is 0 Å². The summed E-state index contributed by atoms with van der Waals surface area (Å²) in [5, 5.41) is 3.52. The quantitative estimate of drug-likeness (QED) is 0.453. The maximum absolute atomic E-state index is 14.9. The fourth-order valence-corrected chi connectivity index (χ4v) is 3.77. The van der Waals surface area contributed by atoms with Crippen molar-refractivity contribution < 1.29 is 18.7 Å². The first-order valence-electron chi connectivity index (χ1n) is 10.0. The van der Waals surface area contributed by atoms with E-state index in [1.807, 2.05) is 6.07 Å². The highest BCUT2D eigenvalue weighted by molar-refractivity contribution is 6.00. The van der Waals surface area contributed by atoms with Crippen LogP contribution in [0.15, 0.2) is 59.4 Å². The third-order valence-electron chi connectivity index (χ3n) is 5.57. The fourth-order valence-electron chi connectivity index (χ4n) is 3.77. The smallest absolute Gasteiger partial charge is 0.255 e. The second-order valence-electron chi connectivity index (χ2n) is 8.03. The molecule has 0 saturated carbocycles. The lowest BCUT2D eigenvalue weighted by atomic mass is 9.93. The number of aromatic amines is 1. The molecule has 0 unspecified atom stereocenters. The standard InChI is InChI=1S/C25H23FN2O4/c1-25(2,14-9-10-21(31-3)22(11-14)32-4)28-24(30)16-13-20-17(12-18(16)26)23(29)15-7-5-6-8-19(15)27-20/h5-13H,1-4H3,(H,27,29)(H,28,30). The molecule has 0 radical (unpaired) electrons. The highest BCUT2D eigenvalue weighted by Crippen LogP contribution is 2.32. The highest BCUT2D eigenvalue weighted by Gasteiger charge is 2.26. The van der Waals surface area contributed by atoms with Crippen LogP contribution in [0, 0.1) is 5.82 Å². The van der Waals surface area contributed by atoms with Crippen LogP contribution >= 0.6 is 0 Å². The van der Waals surface area contributed by atoms with Crippen LogP contribution in [0.2, 0.25) is 0 Å². The molecule has 164 valence electrons. The fraction of sp³-hybridized carbons (Fsp3) is 0.200. The van der Waals surface area contributed by atoms with E-state index in [0.29, 0.717) is 27.9 Å². The number of pyridine rings is 1. The maximum Gasteiger partial charge on any atom is 0.255 e. The first kappa shape index (κ1) is 21.4. The van der Waals surface area contributed by atoms with Crippen LogP contribution in [0.5, 0.6) is 11.5 Å². The summed E-state index contributed by atoms with van der Waals surface area (Å²) in [6.07, 6.45) is 0. The van der Waals surface area contributed by atoms with Crippen molar-refractivity contribution in [2.24, 2.45) is 0 Å². The van der Waals surface area contributed by atoms with Gasteiger partial charge in [0.15, 0.2) is 16.9 Å². The predicted molar refractivity (Wildman–Crippen MR) is 122 cm³/mol. The van der Waals surface area contributed by atoms with Crippen LogP contribution in [-0.4, -0.2) is 25.1 Å². The Bertz CT molecular complexity index is 1410. The number of hydrogen-bond donors (Lipinski definition) is 2. The van der Waals surface area contributed by atoms with Crippen LogP contribution in [0.4, 0.5) is 4.39 Å². The van der Waals surface area contributed by atoms with E-state index in [9.17, 15) is 14.0 Å². The van der Waals surface area contributed by atoms with E-state index >= 15 is 0 Å². The van der Waals surface area contributed by atoms with Crippen molar-refractivity contribution in [1.29, 1.82) is 0 Å². The lowest BCUT2D eigenvalue weighted by molar-refractivity contribution is 0.0908. The number of amides is 1. The third-order valence-corrected chi connectivity index (χ3v) is 5.57. The van der Waals surface area contributed by atoms with Crippen LogP contribution < -0.4 is 20.2 Å². The second kappa shape index (κ2) is 8.00. The average molecular weight is 434 g/mol. The molecular weight excluding hydrogens is 411 g/mol. The Kier molecular flexibility index (Phi) is 5.34. The Morgan fingerprint density at radius 3 is 2.38 bits per heavy atom. The van der Waals surface area contributed by atoms with Gasteiger partial charge in [-0.05, 0) is 55.8 Å². The number of halogens is 1. The molecule has 4 aromatic rings. The van der Waals surface area contributed by atoms with Crippen LogP contribution in [-0.2, 0) is 5.54 Å². The summed E-state index contributed by atoms with van der Waals surface area (Å²) in [7, 11) is 3.07. The summed E-state index contributed by atoms with van der Waals surface area (Å²) in [5.74, 6) is -0.277. The van der Waals surface area contributed by atoms with Crippen LogP contribution in [0.3, 0.4) is 0 Å². The number of carbonyl (C=O) groups is 1. The van der Waals surface area contributed by atoms with Crippen molar-refractivity contribution in [3.63, 3.8) is 0 Å². The molecule has 0 bridgehead atoms. The van der Waals surface area contributed by atoms with E-state index in [4.69, 9.17) is 9.47 Å². The summed E-state index contributed by atoms with van der Waals surface area (Å²) in [5.41, 5.74) is 0.485.